The molecule has 2 aromatic carbocycles. The quantitative estimate of drug-likeness (QED) is 0.673. The molecule has 0 bridgehead atoms. The Hall–Kier alpha value is -3.12. The molecule has 6 heteroatoms. The number of benzene rings is 2. The number of aromatic nitrogens is 1. The van der Waals surface area contributed by atoms with Crippen molar-refractivity contribution < 1.29 is 9.59 Å². The van der Waals surface area contributed by atoms with Crippen molar-refractivity contribution in [2.24, 2.45) is 0 Å². The van der Waals surface area contributed by atoms with Gasteiger partial charge in [-0.25, -0.2) is 4.98 Å². The summed E-state index contributed by atoms with van der Waals surface area (Å²) in [6.07, 6.45) is 6.04. The average Bonchev–Trinajstić information content (AvgIpc) is 2.89. The first kappa shape index (κ1) is 18.9. The fourth-order valence-electron chi connectivity index (χ4n) is 4.15. The minimum Gasteiger partial charge on any atom is -0.324 e. The van der Waals surface area contributed by atoms with E-state index in [9.17, 15) is 9.59 Å². The van der Waals surface area contributed by atoms with Crippen molar-refractivity contribution in [3.05, 3.63) is 77.5 Å². The molecule has 1 aliphatic heterocycles. The van der Waals surface area contributed by atoms with Crippen molar-refractivity contribution in [2.45, 2.75) is 35.6 Å². The lowest BCUT2D eigenvalue weighted by atomic mass is 9.90. The Morgan fingerprint density at radius 1 is 1.03 bits per heavy atom. The molecule has 2 amide bonds. The topological polar surface area (TPSA) is 62.3 Å². The molecule has 0 radical (unpaired) electrons. The predicted octanol–water partition coefficient (Wildman–Crippen LogP) is 4.71. The maximum Gasteiger partial charge on any atom is 0.261 e. The van der Waals surface area contributed by atoms with E-state index in [-0.39, 0.29) is 18.4 Å². The molecule has 5 rings (SSSR count). The second kappa shape index (κ2) is 7.95. The SMILES string of the molecule is O=C(CN1C(=O)c2cccnc2Sc2ccccc21)Nc1cccc2c1CCCC2. The Kier molecular flexibility index (Phi) is 5.01. The van der Waals surface area contributed by atoms with Gasteiger partial charge >= 0.3 is 0 Å². The Morgan fingerprint density at radius 2 is 1.90 bits per heavy atom. The summed E-state index contributed by atoms with van der Waals surface area (Å²) in [5, 5.41) is 3.72. The molecule has 3 aromatic rings. The van der Waals surface area contributed by atoms with Crippen LogP contribution in [0.4, 0.5) is 11.4 Å². The maximum atomic E-state index is 13.3. The number of para-hydroxylation sites is 1. The third kappa shape index (κ3) is 3.48. The van der Waals surface area contributed by atoms with Gasteiger partial charge in [0.2, 0.25) is 5.91 Å². The number of nitrogens with zero attached hydrogens (tertiary/aromatic N) is 2. The fraction of sp³-hybridized carbons (Fsp3) is 0.208. The highest BCUT2D eigenvalue weighted by atomic mass is 32.2. The van der Waals surface area contributed by atoms with E-state index >= 15 is 0 Å². The summed E-state index contributed by atoms with van der Waals surface area (Å²) in [5.41, 5.74) is 4.65. The number of anilines is 2. The van der Waals surface area contributed by atoms with Crippen LogP contribution in [-0.2, 0) is 17.6 Å². The Morgan fingerprint density at radius 3 is 2.83 bits per heavy atom. The van der Waals surface area contributed by atoms with Gasteiger partial charge in [-0.1, -0.05) is 36.0 Å². The molecule has 1 N–H and O–H groups in total. The van der Waals surface area contributed by atoms with Gasteiger partial charge < -0.3 is 5.32 Å². The van der Waals surface area contributed by atoms with Crippen LogP contribution in [0.5, 0.6) is 0 Å². The number of hydrogen-bond donors (Lipinski definition) is 1. The molecule has 1 aliphatic carbocycles. The molecule has 30 heavy (non-hydrogen) atoms. The van der Waals surface area contributed by atoms with E-state index in [1.165, 1.54) is 29.3 Å². The van der Waals surface area contributed by atoms with Crippen molar-refractivity contribution in [3.63, 3.8) is 0 Å². The van der Waals surface area contributed by atoms with Crippen molar-refractivity contribution in [1.82, 2.24) is 4.98 Å². The Bertz CT molecular complexity index is 1140. The molecule has 0 fully saturated rings. The van der Waals surface area contributed by atoms with Gasteiger partial charge in [0.15, 0.2) is 0 Å². The van der Waals surface area contributed by atoms with Gasteiger partial charge in [-0.05, 0) is 67.1 Å². The lowest BCUT2D eigenvalue weighted by Crippen LogP contribution is -2.38. The van der Waals surface area contributed by atoms with Gasteiger partial charge in [0, 0.05) is 16.8 Å². The summed E-state index contributed by atoms with van der Waals surface area (Å²) < 4.78 is 0. The van der Waals surface area contributed by atoms with Gasteiger partial charge in [0.1, 0.15) is 11.6 Å². The summed E-state index contributed by atoms with van der Waals surface area (Å²) in [6, 6.07) is 17.2. The van der Waals surface area contributed by atoms with Gasteiger partial charge in [0.25, 0.3) is 5.91 Å². The highest BCUT2D eigenvalue weighted by Gasteiger charge is 2.29. The number of pyridine rings is 1. The van der Waals surface area contributed by atoms with Crippen LogP contribution >= 0.6 is 11.8 Å². The maximum absolute atomic E-state index is 13.3. The second-order valence-corrected chi connectivity index (χ2v) is 8.55. The largest absolute Gasteiger partial charge is 0.324 e. The first-order chi connectivity index (χ1) is 14.7. The number of hydrogen-bond acceptors (Lipinski definition) is 4. The zero-order valence-electron chi connectivity index (χ0n) is 16.4. The number of aryl methyl sites for hydroxylation is 1. The van der Waals surface area contributed by atoms with E-state index in [2.05, 4.69) is 16.4 Å². The molecule has 1 aromatic heterocycles. The molecule has 0 saturated heterocycles. The Labute approximate surface area is 179 Å². The standard InChI is InChI=1S/C24H21N3O2S/c28-22(26-19-11-5-8-16-7-1-2-9-17(16)19)15-27-20-12-3-4-13-21(20)30-23-18(24(27)29)10-6-14-25-23/h3-6,8,10-14H,1-2,7,9,15H2,(H,26,28). The molecular weight excluding hydrogens is 394 g/mol. The van der Waals surface area contributed by atoms with E-state index in [1.807, 2.05) is 36.4 Å². The molecule has 150 valence electrons. The molecule has 0 atom stereocenters. The van der Waals surface area contributed by atoms with E-state index in [1.54, 1.807) is 23.2 Å². The number of carbonyl (C=O) groups excluding carboxylic acids is 2. The summed E-state index contributed by atoms with van der Waals surface area (Å²) in [7, 11) is 0. The van der Waals surface area contributed by atoms with Crippen molar-refractivity contribution >= 4 is 35.0 Å². The van der Waals surface area contributed by atoms with Gasteiger partial charge in [0.05, 0.1) is 11.3 Å². The minimum absolute atomic E-state index is 0.0472. The summed E-state index contributed by atoms with van der Waals surface area (Å²) in [6.45, 7) is -0.0472. The van der Waals surface area contributed by atoms with Gasteiger partial charge in [-0.3, -0.25) is 14.5 Å². The first-order valence-electron chi connectivity index (χ1n) is 10.1. The van der Waals surface area contributed by atoms with E-state index < -0.39 is 0 Å². The monoisotopic (exact) mass is 415 g/mol. The normalized spacial score (nSPS) is 14.9. The number of fused-ring (bicyclic) bond motifs is 3. The highest BCUT2D eigenvalue weighted by Crippen LogP contribution is 2.40. The fourth-order valence-corrected chi connectivity index (χ4v) is 5.17. The number of carbonyl (C=O) groups is 2. The van der Waals surface area contributed by atoms with E-state index in [0.717, 1.165) is 35.5 Å². The molecule has 0 unspecified atom stereocenters. The summed E-state index contributed by atoms with van der Waals surface area (Å²) in [4.78, 5) is 33.2. The third-order valence-electron chi connectivity index (χ3n) is 5.58. The molecule has 5 nitrogen and oxygen atoms in total. The van der Waals surface area contributed by atoms with Crippen LogP contribution in [0.25, 0.3) is 0 Å². The van der Waals surface area contributed by atoms with Crippen molar-refractivity contribution in [2.75, 3.05) is 16.8 Å². The van der Waals surface area contributed by atoms with Crippen LogP contribution in [0.1, 0.15) is 34.3 Å². The zero-order valence-corrected chi connectivity index (χ0v) is 17.2. The zero-order chi connectivity index (χ0) is 20.5. The lowest BCUT2D eigenvalue weighted by Gasteiger charge is -2.24. The molecule has 2 heterocycles. The molecular formula is C24H21N3O2S. The summed E-state index contributed by atoms with van der Waals surface area (Å²) >= 11 is 1.46. The minimum atomic E-state index is -0.208. The number of nitrogens with one attached hydrogen (secondary N) is 1. The van der Waals surface area contributed by atoms with Gasteiger partial charge in [-0.2, -0.15) is 0 Å². The lowest BCUT2D eigenvalue weighted by molar-refractivity contribution is -0.114. The van der Waals surface area contributed by atoms with Crippen LogP contribution in [0.2, 0.25) is 0 Å². The average molecular weight is 416 g/mol. The molecule has 0 spiro atoms. The van der Waals surface area contributed by atoms with Crippen LogP contribution in [0.15, 0.2) is 70.7 Å². The molecule has 2 aliphatic rings. The number of rotatable bonds is 3. The third-order valence-corrected chi connectivity index (χ3v) is 6.66. The number of amides is 2. The van der Waals surface area contributed by atoms with Crippen molar-refractivity contribution in [3.8, 4) is 0 Å². The first-order valence-corrected chi connectivity index (χ1v) is 11.0. The van der Waals surface area contributed by atoms with Gasteiger partial charge in [-0.15, -0.1) is 0 Å². The van der Waals surface area contributed by atoms with Crippen molar-refractivity contribution in [1.29, 1.82) is 0 Å². The van der Waals surface area contributed by atoms with E-state index in [4.69, 9.17) is 0 Å². The van der Waals surface area contributed by atoms with E-state index in [0.29, 0.717) is 10.6 Å². The second-order valence-electron chi connectivity index (χ2n) is 7.52. The predicted molar refractivity (Wildman–Crippen MR) is 118 cm³/mol. The Balaban J connectivity index is 1.45. The highest BCUT2D eigenvalue weighted by molar-refractivity contribution is 7.99. The smallest absolute Gasteiger partial charge is 0.261 e. The summed E-state index contributed by atoms with van der Waals surface area (Å²) in [5.74, 6) is -0.407. The van der Waals surface area contributed by atoms with Crippen LogP contribution in [0, 0.1) is 0 Å². The molecule has 0 saturated carbocycles. The van der Waals surface area contributed by atoms with Crippen LogP contribution in [-0.4, -0.2) is 23.3 Å². The van der Waals surface area contributed by atoms with Crippen LogP contribution < -0.4 is 10.2 Å². The van der Waals surface area contributed by atoms with Crippen LogP contribution in [0.3, 0.4) is 0 Å².